The fourth-order valence-corrected chi connectivity index (χ4v) is 3.35. The summed E-state index contributed by atoms with van der Waals surface area (Å²) in [4.78, 5) is 0. The maximum Gasteiger partial charge on any atom is 0.0508 e. The van der Waals surface area contributed by atoms with E-state index >= 15 is 0 Å². The minimum absolute atomic E-state index is 0.0167. The second-order valence-electron chi connectivity index (χ2n) is 3.18. The van der Waals surface area contributed by atoms with E-state index in [-0.39, 0.29) is 8.15 Å². The van der Waals surface area contributed by atoms with Crippen LogP contribution in [0, 0.1) is 0 Å². The third-order valence-electron chi connectivity index (χ3n) is 2.09. The Morgan fingerprint density at radius 3 is 2.55 bits per heavy atom. The second kappa shape index (κ2) is 5.97. The van der Waals surface area contributed by atoms with Crippen LogP contribution in [0.25, 0.3) is 0 Å². The number of rotatable bonds is 4. The van der Waals surface area contributed by atoms with Crippen LogP contribution in [0.1, 0.15) is 39.0 Å². The standard InChI is InChI=1S/C9H19OP/c1-2-3-7-10-11-8-5-4-6-9-11/h2-9H2,1H3. The second-order valence-corrected chi connectivity index (χ2v) is 5.29. The summed E-state index contributed by atoms with van der Waals surface area (Å²) in [5, 5.41) is 0. The largest absolute Gasteiger partial charge is 0.359 e. The molecule has 0 aliphatic carbocycles. The summed E-state index contributed by atoms with van der Waals surface area (Å²) in [5.41, 5.74) is 0. The van der Waals surface area contributed by atoms with Crippen LogP contribution in [-0.2, 0) is 4.52 Å². The highest BCUT2D eigenvalue weighted by molar-refractivity contribution is 7.52. The van der Waals surface area contributed by atoms with Gasteiger partial charge >= 0.3 is 0 Å². The predicted octanol–water partition coefficient (Wildman–Crippen LogP) is 3.38. The maximum absolute atomic E-state index is 5.79. The van der Waals surface area contributed by atoms with E-state index in [2.05, 4.69) is 6.92 Å². The number of unbranched alkanes of at least 4 members (excludes halogenated alkanes) is 1. The van der Waals surface area contributed by atoms with Gasteiger partial charge in [0.1, 0.15) is 0 Å². The van der Waals surface area contributed by atoms with Gasteiger partial charge in [-0.3, -0.25) is 0 Å². The van der Waals surface area contributed by atoms with Gasteiger partial charge in [0, 0.05) is 8.15 Å². The van der Waals surface area contributed by atoms with E-state index in [0.29, 0.717) is 0 Å². The van der Waals surface area contributed by atoms with Crippen molar-refractivity contribution in [3.63, 3.8) is 0 Å². The smallest absolute Gasteiger partial charge is 0.0508 e. The van der Waals surface area contributed by atoms with Gasteiger partial charge in [-0.1, -0.05) is 19.8 Å². The van der Waals surface area contributed by atoms with Crippen molar-refractivity contribution >= 4 is 8.15 Å². The zero-order valence-corrected chi connectivity index (χ0v) is 8.41. The average molecular weight is 174 g/mol. The molecule has 0 spiro atoms. The summed E-state index contributed by atoms with van der Waals surface area (Å²) in [6, 6.07) is 0. The highest BCUT2D eigenvalue weighted by Gasteiger charge is 2.12. The van der Waals surface area contributed by atoms with Gasteiger partial charge in [0.05, 0.1) is 6.61 Å². The van der Waals surface area contributed by atoms with Crippen LogP contribution in [0.3, 0.4) is 0 Å². The molecule has 11 heavy (non-hydrogen) atoms. The van der Waals surface area contributed by atoms with Crippen molar-refractivity contribution in [3.8, 4) is 0 Å². The Hall–Kier alpha value is 0.390. The third-order valence-corrected chi connectivity index (χ3v) is 4.26. The first-order valence-corrected chi connectivity index (χ1v) is 6.44. The number of hydrogen-bond donors (Lipinski definition) is 0. The Morgan fingerprint density at radius 1 is 1.18 bits per heavy atom. The zero-order chi connectivity index (χ0) is 7.94. The van der Waals surface area contributed by atoms with Gasteiger partial charge < -0.3 is 4.52 Å². The summed E-state index contributed by atoms with van der Waals surface area (Å²) < 4.78 is 5.79. The molecule has 1 rings (SSSR count). The van der Waals surface area contributed by atoms with Crippen molar-refractivity contribution < 1.29 is 4.52 Å². The van der Waals surface area contributed by atoms with Crippen molar-refractivity contribution in [2.24, 2.45) is 0 Å². The van der Waals surface area contributed by atoms with Gasteiger partial charge in [-0.2, -0.15) is 0 Å². The summed E-state index contributed by atoms with van der Waals surface area (Å²) >= 11 is 0. The van der Waals surface area contributed by atoms with Crippen molar-refractivity contribution in [2.75, 3.05) is 18.9 Å². The quantitative estimate of drug-likeness (QED) is 0.469. The van der Waals surface area contributed by atoms with Crippen LogP contribution < -0.4 is 0 Å². The minimum Gasteiger partial charge on any atom is -0.359 e. The van der Waals surface area contributed by atoms with Gasteiger partial charge in [0.2, 0.25) is 0 Å². The van der Waals surface area contributed by atoms with Crippen LogP contribution in [0.2, 0.25) is 0 Å². The molecule has 0 unspecified atom stereocenters. The Balaban J connectivity index is 1.96. The molecule has 1 aliphatic heterocycles. The first-order chi connectivity index (χ1) is 5.43. The highest BCUT2D eigenvalue weighted by atomic mass is 31.1. The third kappa shape index (κ3) is 4.08. The van der Waals surface area contributed by atoms with Gasteiger partial charge in [0.25, 0.3) is 0 Å². The van der Waals surface area contributed by atoms with Crippen LogP contribution in [0.5, 0.6) is 0 Å². The van der Waals surface area contributed by atoms with Crippen LogP contribution in [0.4, 0.5) is 0 Å². The first kappa shape index (κ1) is 9.48. The van der Waals surface area contributed by atoms with Crippen LogP contribution in [0.15, 0.2) is 0 Å². The van der Waals surface area contributed by atoms with E-state index in [4.69, 9.17) is 4.52 Å². The molecule has 1 nitrogen and oxygen atoms in total. The molecule has 66 valence electrons. The Bertz CT molecular complexity index is 89.6. The number of hydrogen-bond acceptors (Lipinski definition) is 1. The van der Waals surface area contributed by atoms with Crippen molar-refractivity contribution in [2.45, 2.75) is 39.0 Å². The Morgan fingerprint density at radius 2 is 1.91 bits per heavy atom. The molecule has 1 saturated heterocycles. The molecule has 1 fully saturated rings. The highest BCUT2D eigenvalue weighted by Crippen LogP contribution is 2.42. The van der Waals surface area contributed by atoms with Crippen LogP contribution >= 0.6 is 8.15 Å². The summed E-state index contributed by atoms with van der Waals surface area (Å²) in [6.45, 7) is 3.24. The van der Waals surface area contributed by atoms with Gasteiger partial charge in [-0.05, 0) is 31.6 Å². The monoisotopic (exact) mass is 174 g/mol. The normalized spacial score (nSPS) is 20.5. The molecule has 0 aromatic heterocycles. The lowest BCUT2D eigenvalue weighted by Crippen LogP contribution is -2.02. The molecular formula is C9H19OP. The molecule has 0 bridgehead atoms. The van der Waals surface area contributed by atoms with E-state index < -0.39 is 0 Å². The summed E-state index contributed by atoms with van der Waals surface area (Å²) in [5.74, 6) is 0. The Labute approximate surface area is 71.4 Å². The minimum atomic E-state index is 0.0167. The lowest BCUT2D eigenvalue weighted by molar-refractivity contribution is 0.338. The summed E-state index contributed by atoms with van der Waals surface area (Å²) in [7, 11) is 0.0167. The van der Waals surface area contributed by atoms with E-state index in [1.165, 1.54) is 44.4 Å². The fraction of sp³-hybridized carbons (Fsp3) is 1.00. The zero-order valence-electron chi connectivity index (χ0n) is 7.51. The molecule has 1 aliphatic rings. The van der Waals surface area contributed by atoms with Gasteiger partial charge in [0.15, 0.2) is 0 Å². The molecular weight excluding hydrogens is 155 g/mol. The SMILES string of the molecule is CCCCOP1CCCCC1. The molecule has 0 N–H and O–H groups in total. The van der Waals surface area contributed by atoms with E-state index in [9.17, 15) is 0 Å². The molecule has 0 aromatic carbocycles. The Kier molecular flexibility index (Phi) is 5.14. The molecule has 2 heteroatoms. The summed E-state index contributed by atoms with van der Waals surface area (Å²) in [6.07, 6.45) is 9.53. The fourth-order valence-electron chi connectivity index (χ4n) is 1.33. The lowest BCUT2D eigenvalue weighted by atomic mass is 10.3. The van der Waals surface area contributed by atoms with Gasteiger partial charge in [-0.25, -0.2) is 0 Å². The van der Waals surface area contributed by atoms with E-state index in [1.54, 1.807) is 0 Å². The lowest BCUT2D eigenvalue weighted by Gasteiger charge is -2.21. The molecule has 1 heterocycles. The van der Waals surface area contributed by atoms with Gasteiger partial charge in [-0.15, -0.1) is 0 Å². The molecule has 0 atom stereocenters. The van der Waals surface area contributed by atoms with Crippen molar-refractivity contribution in [1.82, 2.24) is 0 Å². The van der Waals surface area contributed by atoms with E-state index in [0.717, 1.165) is 6.61 Å². The topological polar surface area (TPSA) is 9.23 Å². The van der Waals surface area contributed by atoms with Crippen molar-refractivity contribution in [3.05, 3.63) is 0 Å². The predicted molar refractivity (Wildman–Crippen MR) is 51.4 cm³/mol. The average Bonchev–Trinajstić information content (AvgIpc) is 2.07. The molecule has 0 aromatic rings. The van der Waals surface area contributed by atoms with Crippen molar-refractivity contribution in [1.29, 1.82) is 0 Å². The van der Waals surface area contributed by atoms with E-state index in [1.807, 2.05) is 0 Å². The molecule has 0 amide bonds. The first-order valence-electron chi connectivity index (χ1n) is 4.81. The van der Waals surface area contributed by atoms with Crippen LogP contribution in [-0.4, -0.2) is 18.9 Å². The maximum atomic E-state index is 5.79. The molecule has 0 saturated carbocycles. The molecule has 0 radical (unpaired) electrons.